The standard InChI is InChI=1S/C12H11Cl2NO2/c13-9-3-1-2-8(6-9)11-5-4-10(17-11)7-12(14)15-16/h1-6,12,15-16H,7H2. The Kier molecular flexibility index (Phi) is 4.07. The maximum Gasteiger partial charge on any atom is 0.134 e. The highest BCUT2D eigenvalue weighted by atomic mass is 35.5. The molecule has 1 unspecified atom stereocenters. The van der Waals surface area contributed by atoms with Gasteiger partial charge < -0.3 is 9.62 Å². The Morgan fingerprint density at radius 1 is 1.29 bits per heavy atom. The number of hydrogen-bond donors (Lipinski definition) is 2. The van der Waals surface area contributed by atoms with E-state index in [1.807, 2.05) is 35.8 Å². The lowest BCUT2D eigenvalue weighted by molar-refractivity contribution is 0.152. The fourth-order valence-electron chi connectivity index (χ4n) is 1.51. The van der Waals surface area contributed by atoms with E-state index in [2.05, 4.69) is 0 Å². The van der Waals surface area contributed by atoms with Crippen molar-refractivity contribution in [2.24, 2.45) is 0 Å². The predicted molar refractivity (Wildman–Crippen MR) is 67.4 cm³/mol. The number of nitrogens with one attached hydrogen (secondary N) is 1. The Morgan fingerprint density at radius 3 is 2.82 bits per heavy atom. The third kappa shape index (κ3) is 3.23. The molecule has 0 saturated heterocycles. The third-order valence-corrected chi connectivity index (χ3v) is 2.78. The molecule has 0 aliphatic carbocycles. The molecule has 2 rings (SSSR count). The van der Waals surface area contributed by atoms with E-state index < -0.39 is 5.50 Å². The number of rotatable bonds is 4. The highest BCUT2D eigenvalue weighted by Crippen LogP contribution is 2.25. The Balaban J connectivity index is 2.18. The molecule has 0 aliphatic rings. The van der Waals surface area contributed by atoms with Gasteiger partial charge in [-0.15, -0.1) is 11.6 Å². The van der Waals surface area contributed by atoms with Crippen LogP contribution in [0.15, 0.2) is 40.8 Å². The highest BCUT2D eigenvalue weighted by Gasteiger charge is 2.09. The van der Waals surface area contributed by atoms with Crippen molar-refractivity contribution in [2.75, 3.05) is 0 Å². The molecule has 0 radical (unpaired) electrons. The molecule has 3 nitrogen and oxygen atoms in total. The van der Waals surface area contributed by atoms with Crippen LogP contribution >= 0.6 is 23.2 Å². The van der Waals surface area contributed by atoms with Gasteiger partial charge in [-0.3, -0.25) is 0 Å². The van der Waals surface area contributed by atoms with Gasteiger partial charge in [0.1, 0.15) is 17.0 Å². The van der Waals surface area contributed by atoms with Crippen molar-refractivity contribution in [3.63, 3.8) is 0 Å². The summed E-state index contributed by atoms with van der Waals surface area (Å²) in [6.07, 6.45) is 0.401. The first-order valence-corrected chi connectivity index (χ1v) is 5.89. The van der Waals surface area contributed by atoms with Crippen LogP contribution in [0, 0.1) is 0 Å². The van der Waals surface area contributed by atoms with Gasteiger partial charge >= 0.3 is 0 Å². The number of hydrogen-bond acceptors (Lipinski definition) is 3. The lowest BCUT2D eigenvalue weighted by Crippen LogP contribution is -2.21. The van der Waals surface area contributed by atoms with Crippen molar-refractivity contribution in [1.29, 1.82) is 0 Å². The van der Waals surface area contributed by atoms with Crippen LogP contribution < -0.4 is 5.48 Å². The summed E-state index contributed by atoms with van der Waals surface area (Å²) in [5, 5.41) is 9.28. The van der Waals surface area contributed by atoms with Gasteiger partial charge in [-0.25, -0.2) is 0 Å². The largest absolute Gasteiger partial charge is 0.461 e. The molecule has 0 spiro atoms. The first-order chi connectivity index (χ1) is 8.19. The molecular weight excluding hydrogens is 261 g/mol. The summed E-state index contributed by atoms with van der Waals surface area (Å²) < 4.78 is 5.60. The van der Waals surface area contributed by atoms with E-state index in [0.717, 1.165) is 11.3 Å². The summed E-state index contributed by atoms with van der Waals surface area (Å²) in [6.45, 7) is 0. The average Bonchev–Trinajstić information content (AvgIpc) is 2.77. The smallest absolute Gasteiger partial charge is 0.134 e. The molecule has 0 aliphatic heterocycles. The molecule has 0 saturated carbocycles. The number of hydroxylamine groups is 1. The second kappa shape index (κ2) is 5.56. The van der Waals surface area contributed by atoms with Gasteiger partial charge in [-0.05, 0) is 24.3 Å². The molecular formula is C12H11Cl2NO2. The zero-order valence-electron chi connectivity index (χ0n) is 8.86. The predicted octanol–water partition coefficient (Wildman–Crippen LogP) is 3.69. The van der Waals surface area contributed by atoms with Crippen LogP contribution in [0.1, 0.15) is 5.76 Å². The Bertz CT molecular complexity index is 499. The molecule has 1 atom stereocenters. The van der Waals surface area contributed by atoms with Gasteiger partial charge in [0.25, 0.3) is 0 Å². The van der Waals surface area contributed by atoms with Gasteiger partial charge in [-0.2, -0.15) is 5.48 Å². The van der Waals surface area contributed by atoms with E-state index in [1.54, 1.807) is 6.07 Å². The zero-order valence-corrected chi connectivity index (χ0v) is 10.4. The van der Waals surface area contributed by atoms with Crippen molar-refractivity contribution in [2.45, 2.75) is 11.9 Å². The van der Waals surface area contributed by atoms with Crippen molar-refractivity contribution in [1.82, 2.24) is 5.48 Å². The van der Waals surface area contributed by atoms with E-state index in [-0.39, 0.29) is 0 Å². The number of alkyl halides is 1. The molecule has 1 aromatic carbocycles. The van der Waals surface area contributed by atoms with Crippen LogP contribution in [0.2, 0.25) is 5.02 Å². The lowest BCUT2D eigenvalue weighted by Gasteiger charge is -2.03. The van der Waals surface area contributed by atoms with Gasteiger partial charge in [0.15, 0.2) is 0 Å². The number of benzene rings is 1. The van der Waals surface area contributed by atoms with E-state index in [9.17, 15) is 0 Å². The van der Waals surface area contributed by atoms with Crippen LogP contribution in [0.3, 0.4) is 0 Å². The Hall–Kier alpha value is -1.00. The Morgan fingerprint density at radius 2 is 2.12 bits per heavy atom. The SMILES string of the molecule is ONC(Cl)Cc1ccc(-c2cccc(Cl)c2)o1. The van der Waals surface area contributed by atoms with Crippen LogP contribution in [0.5, 0.6) is 0 Å². The second-order valence-corrected chi connectivity index (χ2v) is 4.54. The van der Waals surface area contributed by atoms with Crippen LogP contribution in [-0.2, 0) is 6.42 Å². The van der Waals surface area contributed by atoms with Gasteiger partial charge in [0.2, 0.25) is 0 Å². The van der Waals surface area contributed by atoms with Gasteiger partial charge in [-0.1, -0.05) is 23.7 Å². The van der Waals surface area contributed by atoms with E-state index in [0.29, 0.717) is 17.2 Å². The molecule has 2 aromatic rings. The van der Waals surface area contributed by atoms with E-state index >= 15 is 0 Å². The van der Waals surface area contributed by atoms with Crippen LogP contribution in [-0.4, -0.2) is 10.7 Å². The summed E-state index contributed by atoms with van der Waals surface area (Å²) in [5.41, 5.74) is 2.30. The molecule has 90 valence electrons. The minimum absolute atomic E-state index is 0.401. The van der Waals surface area contributed by atoms with Gasteiger partial charge in [0, 0.05) is 17.0 Å². The molecule has 0 fully saturated rings. The van der Waals surface area contributed by atoms with Crippen LogP contribution in [0.4, 0.5) is 0 Å². The second-order valence-electron chi connectivity index (χ2n) is 3.58. The zero-order chi connectivity index (χ0) is 12.3. The molecule has 1 aromatic heterocycles. The number of halogens is 2. The molecule has 2 N–H and O–H groups in total. The van der Waals surface area contributed by atoms with Gasteiger partial charge in [0.05, 0.1) is 0 Å². The van der Waals surface area contributed by atoms with Crippen molar-refractivity contribution in [3.8, 4) is 11.3 Å². The topological polar surface area (TPSA) is 45.4 Å². The first kappa shape index (κ1) is 12.5. The van der Waals surface area contributed by atoms with E-state index in [1.165, 1.54) is 0 Å². The molecule has 0 amide bonds. The summed E-state index contributed by atoms with van der Waals surface area (Å²) in [7, 11) is 0. The summed E-state index contributed by atoms with van der Waals surface area (Å²) in [4.78, 5) is 0. The fraction of sp³-hybridized carbons (Fsp3) is 0.167. The Labute approximate surface area is 109 Å². The minimum Gasteiger partial charge on any atom is -0.461 e. The molecule has 17 heavy (non-hydrogen) atoms. The number of furan rings is 1. The quantitative estimate of drug-likeness (QED) is 0.507. The maximum atomic E-state index is 8.62. The fourth-order valence-corrected chi connectivity index (χ4v) is 1.85. The normalized spacial score (nSPS) is 12.6. The summed E-state index contributed by atoms with van der Waals surface area (Å²) >= 11 is 11.6. The molecule has 5 heteroatoms. The lowest BCUT2D eigenvalue weighted by atomic mass is 10.2. The molecule has 0 bridgehead atoms. The van der Waals surface area contributed by atoms with E-state index in [4.69, 9.17) is 32.8 Å². The third-order valence-electron chi connectivity index (χ3n) is 2.29. The first-order valence-electron chi connectivity index (χ1n) is 5.07. The maximum absolute atomic E-state index is 8.62. The van der Waals surface area contributed by atoms with Crippen molar-refractivity contribution >= 4 is 23.2 Å². The van der Waals surface area contributed by atoms with Crippen molar-refractivity contribution < 1.29 is 9.62 Å². The average molecular weight is 272 g/mol. The van der Waals surface area contributed by atoms with Crippen LogP contribution in [0.25, 0.3) is 11.3 Å². The summed E-state index contributed by atoms with van der Waals surface area (Å²) in [6, 6.07) is 11.1. The summed E-state index contributed by atoms with van der Waals surface area (Å²) in [5.74, 6) is 1.42. The minimum atomic E-state index is -0.562. The highest BCUT2D eigenvalue weighted by molar-refractivity contribution is 6.30. The molecule has 1 heterocycles. The van der Waals surface area contributed by atoms with Crippen molar-refractivity contribution in [3.05, 3.63) is 47.2 Å². The monoisotopic (exact) mass is 271 g/mol.